The van der Waals surface area contributed by atoms with Crippen molar-refractivity contribution in [3.05, 3.63) is 29.8 Å². The van der Waals surface area contributed by atoms with Gasteiger partial charge in [-0.15, -0.1) is 0 Å². The molecule has 3 atom stereocenters. The molecule has 0 aromatic heterocycles. The molecule has 7 heteroatoms. The average molecular weight is 462 g/mol. The fourth-order valence-electron chi connectivity index (χ4n) is 4.85. The summed E-state index contributed by atoms with van der Waals surface area (Å²) in [5.41, 5.74) is -0.192. The lowest BCUT2D eigenvalue weighted by molar-refractivity contribution is -0.0580. The van der Waals surface area contributed by atoms with Crippen LogP contribution >= 0.6 is 0 Å². The number of aliphatic hydroxyl groups is 1. The molecule has 33 heavy (non-hydrogen) atoms. The second-order valence-electron chi connectivity index (χ2n) is 9.82. The second-order valence-corrected chi connectivity index (χ2v) is 9.82. The third-order valence-electron chi connectivity index (χ3n) is 6.95. The molecule has 2 amide bonds. The van der Waals surface area contributed by atoms with Gasteiger partial charge in [0.1, 0.15) is 5.75 Å². The number of para-hydroxylation sites is 1. The van der Waals surface area contributed by atoms with E-state index in [-0.39, 0.29) is 18.0 Å². The van der Waals surface area contributed by atoms with Gasteiger partial charge < -0.3 is 30.1 Å². The number of likely N-dealkylation sites (N-methyl/N-ethyl adjacent to an activating group) is 1. The SMILES string of the molecule is CNC[C@H](C)NC(=O)N1CCCC(C(O)(CCCCOC)c2ccccc2OCC2CC2)C1. The number of hydrogen-bond acceptors (Lipinski definition) is 5. The minimum absolute atomic E-state index is 0.0485. The molecule has 1 heterocycles. The fourth-order valence-corrected chi connectivity index (χ4v) is 4.85. The first-order valence-corrected chi connectivity index (χ1v) is 12.6. The van der Waals surface area contributed by atoms with Crippen LogP contribution in [0.25, 0.3) is 0 Å². The zero-order valence-corrected chi connectivity index (χ0v) is 20.6. The molecule has 7 nitrogen and oxygen atoms in total. The highest BCUT2D eigenvalue weighted by atomic mass is 16.5. The Labute approximate surface area is 199 Å². The lowest BCUT2D eigenvalue weighted by atomic mass is 9.73. The summed E-state index contributed by atoms with van der Waals surface area (Å²) in [7, 11) is 3.59. The number of nitrogens with one attached hydrogen (secondary N) is 2. The minimum Gasteiger partial charge on any atom is -0.493 e. The molecule has 1 saturated carbocycles. The van der Waals surface area contributed by atoms with Gasteiger partial charge in [-0.1, -0.05) is 18.2 Å². The first-order valence-electron chi connectivity index (χ1n) is 12.6. The van der Waals surface area contributed by atoms with Gasteiger partial charge in [0.05, 0.1) is 12.2 Å². The molecule has 1 saturated heterocycles. The smallest absolute Gasteiger partial charge is 0.317 e. The summed E-state index contributed by atoms with van der Waals surface area (Å²) >= 11 is 0. The highest BCUT2D eigenvalue weighted by Gasteiger charge is 2.43. The highest BCUT2D eigenvalue weighted by Crippen LogP contribution is 2.44. The number of methoxy groups -OCH3 is 1. The van der Waals surface area contributed by atoms with Crippen LogP contribution in [0, 0.1) is 11.8 Å². The summed E-state index contributed by atoms with van der Waals surface area (Å²) in [5.74, 6) is 1.37. The van der Waals surface area contributed by atoms with Gasteiger partial charge in [0.2, 0.25) is 0 Å². The van der Waals surface area contributed by atoms with Crippen LogP contribution in [0.4, 0.5) is 4.79 Å². The Hall–Kier alpha value is -1.83. The Morgan fingerprint density at radius 2 is 2.06 bits per heavy atom. The molecule has 0 bridgehead atoms. The number of ether oxygens (including phenoxy) is 2. The monoisotopic (exact) mass is 461 g/mol. The predicted molar refractivity (Wildman–Crippen MR) is 131 cm³/mol. The van der Waals surface area contributed by atoms with Crippen molar-refractivity contribution in [2.24, 2.45) is 11.8 Å². The molecular formula is C26H43N3O4. The van der Waals surface area contributed by atoms with Gasteiger partial charge in [-0.05, 0) is 70.9 Å². The molecule has 2 aliphatic rings. The fraction of sp³-hybridized carbons (Fsp3) is 0.731. The number of piperidine rings is 1. The largest absolute Gasteiger partial charge is 0.493 e. The van der Waals surface area contributed by atoms with Crippen LogP contribution in [-0.4, -0.2) is 69.1 Å². The zero-order valence-electron chi connectivity index (χ0n) is 20.6. The van der Waals surface area contributed by atoms with Crippen LogP contribution in [0.5, 0.6) is 5.75 Å². The van der Waals surface area contributed by atoms with Gasteiger partial charge in [-0.3, -0.25) is 0 Å². The molecule has 2 fully saturated rings. The van der Waals surface area contributed by atoms with Crippen molar-refractivity contribution in [3.63, 3.8) is 0 Å². The molecule has 1 aromatic rings. The van der Waals surface area contributed by atoms with E-state index in [1.807, 2.05) is 43.1 Å². The number of amides is 2. The Morgan fingerprint density at radius 1 is 1.27 bits per heavy atom. The van der Waals surface area contributed by atoms with Crippen molar-refractivity contribution in [3.8, 4) is 5.75 Å². The number of carbonyl (C=O) groups excluding carboxylic acids is 1. The van der Waals surface area contributed by atoms with Gasteiger partial charge >= 0.3 is 6.03 Å². The summed E-state index contributed by atoms with van der Waals surface area (Å²) in [4.78, 5) is 14.8. The third kappa shape index (κ3) is 7.33. The topological polar surface area (TPSA) is 83.1 Å². The van der Waals surface area contributed by atoms with Gasteiger partial charge in [0.15, 0.2) is 0 Å². The molecule has 1 aliphatic heterocycles. The van der Waals surface area contributed by atoms with Crippen molar-refractivity contribution in [2.75, 3.05) is 47.0 Å². The van der Waals surface area contributed by atoms with E-state index in [0.717, 1.165) is 43.5 Å². The zero-order chi connectivity index (χ0) is 23.7. The standard InChI is InChI=1S/C26H43N3O4/c1-20(17-27-2)28-25(30)29-15-8-9-22(18-29)26(31,14-6-7-16-32-3)23-10-4-5-11-24(23)33-19-21-12-13-21/h4-5,10-11,20-22,27,31H,6-9,12-19H2,1-3H3,(H,28,30)/t20-,22?,26?/m0/s1. The van der Waals surface area contributed by atoms with E-state index < -0.39 is 5.60 Å². The summed E-state index contributed by atoms with van der Waals surface area (Å²) in [6.07, 6.45) is 6.57. The Bertz CT molecular complexity index is 742. The number of unbranched alkanes of at least 4 members (excludes halogenated alkanes) is 1. The first kappa shape index (κ1) is 25.8. The number of benzene rings is 1. The maximum absolute atomic E-state index is 12.9. The highest BCUT2D eigenvalue weighted by molar-refractivity contribution is 5.74. The van der Waals surface area contributed by atoms with Crippen molar-refractivity contribution in [1.29, 1.82) is 0 Å². The van der Waals surface area contributed by atoms with E-state index in [9.17, 15) is 9.90 Å². The van der Waals surface area contributed by atoms with Crippen LogP contribution in [0.15, 0.2) is 24.3 Å². The van der Waals surface area contributed by atoms with E-state index in [2.05, 4.69) is 10.6 Å². The predicted octanol–water partition coefficient (Wildman–Crippen LogP) is 3.51. The van der Waals surface area contributed by atoms with Crippen molar-refractivity contribution >= 4 is 6.03 Å². The van der Waals surface area contributed by atoms with Crippen LogP contribution in [0.3, 0.4) is 0 Å². The van der Waals surface area contributed by atoms with Crippen LogP contribution in [-0.2, 0) is 10.3 Å². The molecule has 3 N–H and O–H groups in total. The molecule has 186 valence electrons. The summed E-state index contributed by atoms with van der Waals surface area (Å²) in [6, 6.07) is 7.93. The van der Waals surface area contributed by atoms with Crippen molar-refractivity contribution in [1.82, 2.24) is 15.5 Å². The first-order chi connectivity index (χ1) is 16.0. The average Bonchev–Trinajstić information content (AvgIpc) is 3.65. The minimum atomic E-state index is -1.05. The number of likely N-dealkylation sites (tertiary alicyclic amines) is 1. The summed E-state index contributed by atoms with van der Waals surface area (Å²) < 4.78 is 11.4. The Morgan fingerprint density at radius 3 is 2.79 bits per heavy atom. The summed E-state index contributed by atoms with van der Waals surface area (Å²) in [5, 5.41) is 18.4. The number of carbonyl (C=O) groups is 1. The van der Waals surface area contributed by atoms with Crippen LogP contribution in [0.2, 0.25) is 0 Å². The van der Waals surface area contributed by atoms with Gasteiger partial charge in [-0.2, -0.15) is 0 Å². The molecule has 1 aromatic carbocycles. The van der Waals surface area contributed by atoms with Crippen LogP contribution in [0.1, 0.15) is 57.4 Å². The van der Waals surface area contributed by atoms with E-state index in [1.54, 1.807) is 7.11 Å². The van der Waals surface area contributed by atoms with Gasteiger partial charge in [0.25, 0.3) is 0 Å². The van der Waals surface area contributed by atoms with Gasteiger partial charge in [-0.25, -0.2) is 4.79 Å². The molecule has 0 spiro atoms. The Balaban J connectivity index is 1.78. The third-order valence-corrected chi connectivity index (χ3v) is 6.95. The van der Waals surface area contributed by atoms with E-state index >= 15 is 0 Å². The molecule has 3 rings (SSSR count). The summed E-state index contributed by atoms with van der Waals surface area (Å²) in [6.45, 7) is 5.36. The van der Waals surface area contributed by atoms with Crippen molar-refractivity contribution in [2.45, 2.75) is 63.5 Å². The second kappa shape index (κ2) is 12.6. The molecule has 2 unspecified atom stereocenters. The maximum Gasteiger partial charge on any atom is 0.317 e. The van der Waals surface area contributed by atoms with E-state index in [4.69, 9.17) is 9.47 Å². The van der Waals surface area contributed by atoms with E-state index in [1.165, 1.54) is 12.8 Å². The van der Waals surface area contributed by atoms with E-state index in [0.29, 0.717) is 38.6 Å². The lowest BCUT2D eigenvalue weighted by Crippen LogP contribution is -2.53. The van der Waals surface area contributed by atoms with Gasteiger partial charge in [0, 0.05) is 50.9 Å². The molecular weight excluding hydrogens is 418 g/mol. The number of urea groups is 1. The lowest BCUT2D eigenvalue weighted by Gasteiger charge is -2.43. The number of rotatable bonds is 13. The maximum atomic E-state index is 12.9. The molecule has 1 aliphatic carbocycles. The normalized spacial score (nSPS) is 21.3. The van der Waals surface area contributed by atoms with Crippen molar-refractivity contribution < 1.29 is 19.4 Å². The quantitative estimate of drug-likeness (QED) is 0.392. The molecule has 0 radical (unpaired) electrons. The number of hydrogen-bond donors (Lipinski definition) is 3. The Kier molecular flexibility index (Phi) is 9.83. The number of nitrogens with zero attached hydrogens (tertiary/aromatic N) is 1. The van der Waals surface area contributed by atoms with Crippen LogP contribution < -0.4 is 15.4 Å².